The van der Waals surface area contributed by atoms with Crippen molar-refractivity contribution >= 4 is 0 Å². The average Bonchev–Trinajstić information content (AvgIpc) is 2.93. The molecule has 1 aliphatic heterocycles. The molecular formula is C18H36N2. The number of rotatable bonds is 7. The van der Waals surface area contributed by atoms with Crippen molar-refractivity contribution in [2.24, 2.45) is 11.3 Å². The van der Waals surface area contributed by atoms with Crippen molar-refractivity contribution in [1.82, 2.24) is 10.2 Å². The number of likely N-dealkylation sites (tertiary alicyclic amines) is 1. The molecule has 1 saturated carbocycles. The van der Waals surface area contributed by atoms with E-state index >= 15 is 0 Å². The van der Waals surface area contributed by atoms with Gasteiger partial charge in [0.1, 0.15) is 0 Å². The molecule has 1 N–H and O–H groups in total. The molecule has 0 radical (unpaired) electrons. The molecular weight excluding hydrogens is 244 g/mol. The zero-order chi connectivity index (χ0) is 14.4. The first-order valence-corrected chi connectivity index (χ1v) is 9.18. The molecule has 0 amide bonds. The predicted molar refractivity (Wildman–Crippen MR) is 88.1 cm³/mol. The molecule has 118 valence electrons. The zero-order valence-corrected chi connectivity index (χ0v) is 14.1. The van der Waals surface area contributed by atoms with E-state index in [1.807, 2.05) is 0 Å². The third-order valence-electron chi connectivity index (χ3n) is 6.36. The van der Waals surface area contributed by atoms with Gasteiger partial charge in [0.05, 0.1) is 0 Å². The Kier molecular flexibility index (Phi) is 6.35. The quantitative estimate of drug-likeness (QED) is 0.756. The summed E-state index contributed by atoms with van der Waals surface area (Å²) in [6, 6.07) is 0.815. The first-order chi connectivity index (χ1) is 9.73. The van der Waals surface area contributed by atoms with E-state index in [1.54, 1.807) is 0 Å². The van der Waals surface area contributed by atoms with Crippen molar-refractivity contribution in [3.8, 4) is 0 Å². The summed E-state index contributed by atoms with van der Waals surface area (Å²) in [6.07, 6.45) is 11.3. The van der Waals surface area contributed by atoms with Crippen LogP contribution in [0.4, 0.5) is 0 Å². The third-order valence-corrected chi connectivity index (χ3v) is 6.36. The van der Waals surface area contributed by atoms with Gasteiger partial charge in [0.2, 0.25) is 0 Å². The lowest BCUT2D eigenvalue weighted by atomic mass is 9.74. The maximum Gasteiger partial charge on any atom is 0.00956 e. The van der Waals surface area contributed by atoms with E-state index in [9.17, 15) is 0 Å². The van der Waals surface area contributed by atoms with Crippen LogP contribution in [0.3, 0.4) is 0 Å². The monoisotopic (exact) mass is 280 g/mol. The fourth-order valence-corrected chi connectivity index (χ4v) is 4.47. The van der Waals surface area contributed by atoms with Crippen LogP contribution in [0.2, 0.25) is 0 Å². The molecule has 2 fully saturated rings. The largest absolute Gasteiger partial charge is 0.314 e. The van der Waals surface area contributed by atoms with Gasteiger partial charge in [0, 0.05) is 6.04 Å². The Balaban J connectivity index is 1.71. The number of hydrogen-bond donors (Lipinski definition) is 1. The Morgan fingerprint density at radius 2 is 1.75 bits per heavy atom. The lowest BCUT2D eigenvalue weighted by Crippen LogP contribution is -2.41. The second-order valence-electron chi connectivity index (χ2n) is 7.19. The molecule has 2 rings (SSSR count). The van der Waals surface area contributed by atoms with Gasteiger partial charge in [-0.2, -0.15) is 0 Å². The van der Waals surface area contributed by atoms with Gasteiger partial charge < -0.3 is 10.2 Å². The van der Waals surface area contributed by atoms with E-state index in [4.69, 9.17) is 0 Å². The lowest BCUT2D eigenvalue weighted by Gasteiger charge is -2.41. The Labute approximate surface area is 126 Å². The first kappa shape index (κ1) is 16.3. The minimum Gasteiger partial charge on any atom is -0.314 e. The normalized spacial score (nSPS) is 30.8. The molecule has 20 heavy (non-hydrogen) atoms. The molecule has 0 aromatic rings. The SMILES string of the molecule is CCNC1CCCC1CCN1CCC(CC)(CC)CC1. The molecule has 2 nitrogen and oxygen atoms in total. The summed E-state index contributed by atoms with van der Waals surface area (Å²) in [7, 11) is 0. The van der Waals surface area contributed by atoms with Crippen molar-refractivity contribution in [1.29, 1.82) is 0 Å². The second-order valence-corrected chi connectivity index (χ2v) is 7.19. The highest BCUT2D eigenvalue weighted by Gasteiger charge is 2.32. The molecule has 2 aliphatic rings. The van der Waals surface area contributed by atoms with Crippen molar-refractivity contribution in [2.45, 2.75) is 78.2 Å². The lowest BCUT2D eigenvalue weighted by molar-refractivity contribution is 0.0905. The van der Waals surface area contributed by atoms with E-state index < -0.39 is 0 Å². The third kappa shape index (κ3) is 3.98. The van der Waals surface area contributed by atoms with Crippen molar-refractivity contribution in [3.05, 3.63) is 0 Å². The van der Waals surface area contributed by atoms with Gasteiger partial charge in [-0.1, -0.05) is 40.0 Å². The molecule has 2 atom stereocenters. The topological polar surface area (TPSA) is 15.3 Å². The highest BCUT2D eigenvalue weighted by molar-refractivity contribution is 4.86. The minimum absolute atomic E-state index is 0.677. The van der Waals surface area contributed by atoms with E-state index in [0.717, 1.165) is 18.5 Å². The number of nitrogens with one attached hydrogen (secondary N) is 1. The number of piperidine rings is 1. The standard InChI is InChI=1S/C18H36N2/c1-4-18(5-2)11-14-20(15-12-18)13-10-16-8-7-9-17(16)19-6-3/h16-17,19H,4-15H2,1-3H3. The first-order valence-electron chi connectivity index (χ1n) is 9.18. The summed E-state index contributed by atoms with van der Waals surface area (Å²) in [5, 5.41) is 3.70. The van der Waals surface area contributed by atoms with E-state index in [1.165, 1.54) is 71.0 Å². The molecule has 1 saturated heterocycles. The molecule has 1 aliphatic carbocycles. The average molecular weight is 280 g/mol. The fourth-order valence-electron chi connectivity index (χ4n) is 4.47. The van der Waals surface area contributed by atoms with Crippen molar-refractivity contribution < 1.29 is 0 Å². The molecule has 0 aromatic heterocycles. The van der Waals surface area contributed by atoms with Crippen LogP contribution in [0.5, 0.6) is 0 Å². The highest BCUT2D eigenvalue weighted by Crippen LogP contribution is 2.38. The highest BCUT2D eigenvalue weighted by atomic mass is 15.1. The number of hydrogen-bond acceptors (Lipinski definition) is 2. The van der Waals surface area contributed by atoms with Crippen LogP contribution < -0.4 is 5.32 Å². The van der Waals surface area contributed by atoms with Gasteiger partial charge in [-0.25, -0.2) is 0 Å². The molecule has 0 spiro atoms. The van der Waals surface area contributed by atoms with Crippen LogP contribution in [0, 0.1) is 11.3 Å². The van der Waals surface area contributed by atoms with Crippen LogP contribution in [0.15, 0.2) is 0 Å². The Bertz CT molecular complexity index is 263. The Morgan fingerprint density at radius 3 is 2.35 bits per heavy atom. The molecule has 1 heterocycles. The van der Waals surface area contributed by atoms with Crippen LogP contribution in [0.1, 0.15) is 72.1 Å². The smallest absolute Gasteiger partial charge is 0.00956 e. The summed E-state index contributed by atoms with van der Waals surface area (Å²) in [4.78, 5) is 2.74. The van der Waals surface area contributed by atoms with Crippen LogP contribution >= 0.6 is 0 Å². The fraction of sp³-hybridized carbons (Fsp3) is 1.00. The van der Waals surface area contributed by atoms with Gasteiger partial charge in [-0.3, -0.25) is 0 Å². The van der Waals surface area contributed by atoms with E-state index in [-0.39, 0.29) is 0 Å². The van der Waals surface area contributed by atoms with Crippen molar-refractivity contribution in [3.63, 3.8) is 0 Å². The Morgan fingerprint density at radius 1 is 1.05 bits per heavy atom. The van der Waals surface area contributed by atoms with Crippen LogP contribution in [-0.2, 0) is 0 Å². The summed E-state index contributed by atoms with van der Waals surface area (Å²) < 4.78 is 0. The second kappa shape index (κ2) is 7.79. The van der Waals surface area contributed by atoms with Crippen LogP contribution in [-0.4, -0.2) is 37.1 Å². The van der Waals surface area contributed by atoms with Gasteiger partial charge >= 0.3 is 0 Å². The van der Waals surface area contributed by atoms with Gasteiger partial charge in [0.15, 0.2) is 0 Å². The predicted octanol–water partition coefficient (Wildman–Crippen LogP) is 4.06. The van der Waals surface area contributed by atoms with Gasteiger partial charge in [-0.15, -0.1) is 0 Å². The minimum atomic E-state index is 0.677. The maximum absolute atomic E-state index is 3.70. The molecule has 2 unspecified atom stereocenters. The van der Waals surface area contributed by atoms with E-state index in [2.05, 4.69) is 31.0 Å². The summed E-state index contributed by atoms with van der Waals surface area (Å²) in [6.45, 7) is 12.2. The number of nitrogens with zero attached hydrogens (tertiary/aromatic N) is 1. The van der Waals surface area contributed by atoms with Gasteiger partial charge in [0.25, 0.3) is 0 Å². The maximum atomic E-state index is 3.70. The molecule has 0 aromatic carbocycles. The summed E-state index contributed by atoms with van der Waals surface area (Å²) in [5.74, 6) is 0.944. The van der Waals surface area contributed by atoms with E-state index in [0.29, 0.717) is 5.41 Å². The van der Waals surface area contributed by atoms with Gasteiger partial charge in [-0.05, 0) is 69.6 Å². The molecule has 2 heteroatoms. The summed E-state index contributed by atoms with van der Waals surface area (Å²) in [5.41, 5.74) is 0.677. The van der Waals surface area contributed by atoms with Crippen molar-refractivity contribution in [2.75, 3.05) is 26.2 Å². The molecule has 0 bridgehead atoms. The summed E-state index contributed by atoms with van der Waals surface area (Å²) >= 11 is 0. The zero-order valence-electron chi connectivity index (χ0n) is 14.1. The van der Waals surface area contributed by atoms with Crippen LogP contribution in [0.25, 0.3) is 0 Å². The Hall–Kier alpha value is -0.0800.